The summed E-state index contributed by atoms with van der Waals surface area (Å²) in [7, 11) is 0. The van der Waals surface area contributed by atoms with E-state index in [2.05, 4.69) is 38.2 Å². The minimum Gasteiger partial charge on any atom is -0.326 e. The molecule has 1 aliphatic carbocycles. The molecule has 2 aromatic rings. The summed E-state index contributed by atoms with van der Waals surface area (Å²) in [5, 5.41) is 3.00. The number of carbonyl (C=O) groups is 2. The van der Waals surface area contributed by atoms with Crippen LogP contribution in [-0.4, -0.2) is 17.6 Å². The Kier molecular flexibility index (Phi) is 5.92. The predicted octanol–water partition coefficient (Wildman–Crippen LogP) is 5.89. The minimum atomic E-state index is -0.0821. The molecule has 1 aliphatic heterocycles. The van der Waals surface area contributed by atoms with Gasteiger partial charge >= 0.3 is 0 Å². The summed E-state index contributed by atoms with van der Waals surface area (Å²) < 4.78 is 0. The molecule has 1 N–H and O–H groups in total. The molecule has 4 rings (SSSR count). The summed E-state index contributed by atoms with van der Waals surface area (Å²) in [6.45, 7) is 6.56. The van der Waals surface area contributed by atoms with Gasteiger partial charge in [-0.1, -0.05) is 57.9 Å². The fourth-order valence-corrected chi connectivity index (χ4v) is 5.44. The highest BCUT2D eigenvalue weighted by atomic mass is 32.2. The van der Waals surface area contributed by atoms with E-state index in [-0.39, 0.29) is 28.5 Å². The third-order valence-electron chi connectivity index (χ3n) is 6.04. The molecule has 0 radical (unpaired) electrons. The van der Waals surface area contributed by atoms with Crippen LogP contribution in [0.1, 0.15) is 63.0 Å². The molecule has 4 nitrogen and oxygen atoms in total. The van der Waals surface area contributed by atoms with Crippen LogP contribution in [0.3, 0.4) is 0 Å². The molecule has 1 saturated carbocycles. The molecule has 5 heteroatoms. The van der Waals surface area contributed by atoms with E-state index < -0.39 is 0 Å². The summed E-state index contributed by atoms with van der Waals surface area (Å²) in [5.41, 5.74) is 4.09. The van der Waals surface area contributed by atoms with Gasteiger partial charge in [-0.25, -0.2) is 0 Å². The Morgan fingerprint density at radius 2 is 1.77 bits per heavy atom. The summed E-state index contributed by atoms with van der Waals surface area (Å²) in [4.78, 5) is 27.1. The van der Waals surface area contributed by atoms with Crippen LogP contribution in [0, 0.1) is 5.92 Å². The zero-order chi connectivity index (χ0) is 21.3. The highest BCUT2D eigenvalue weighted by Crippen LogP contribution is 2.42. The lowest BCUT2D eigenvalue weighted by atomic mass is 9.87. The van der Waals surface area contributed by atoms with Crippen LogP contribution in [0.2, 0.25) is 0 Å². The Labute approximate surface area is 183 Å². The SMILES string of the molecule is CC(C)(C)c1ccc(N2C(=O)CS[C@@H]2c2cccc(NC(=O)C3CCCC3)c2)cc1. The van der Waals surface area contributed by atoms with Crippen molar-refractivity contribution >= 4 is 35.0 Å². The molecule has 0 unspecified atom stereocenters. The molecule has 0 aromatic heterocycles. The molecule has 30 heavy (non-hydrogen) atoms. The highest BCUT2D eigenvalue weighted by Gasteiger charge is 2.34. The molecule has 1 heterocycles. The van der Waals surface area contributed by atoms with Gasteiger partial charge in [-0.15, -0.1) is 11.8 Å². The normalized spacial score (nSPS) is 20.0. The van der Waals surface area contributed by atoms with Gasteiger partial charge < -0.3 is 5.32 Å². The smallest absolute Gasteiger partial charge is 0.238 e. The van der Waals surface area contributed by atoms with Crippen LogP contribution >= 0.6 is 11.8 Å². The van der Waals surface area contributed by atoms with Crippen molar-refractivity contribution < 1.29 is 9.59 Å². The van der Waals surface area contributed by atoms with Gasteiger partial charge in [-0.3, -0.25) is 14.5 Å². The first-order valence-corrected chi connectivity index (χ1v) is 11.8. The number of thioether (sulfide) groups is 1. The first kappa shape index (κ1) is 21.0. The number of amides is 2. The third-order valence-corrected chi connectivity index (χ3v) is 7.26. The molecule has 0 bridgehead atoms. The maximum Gasteiger partial charge on any atom is 0.238 e. The van der Waals surface area contributed by atoms with Crippen molar-refractivity contribution in [3.8, 4) is 0 Å². The van der Waals surface area contributed by atoms with Crippen molar-refractivity contribution in [1.82, 2.24) is 0 Å². The number of anilines is 2. The van der Waals surface area contributed by atoms with Crippen LogP contribution < -0.4 is 10.2 Å². The largest absolute Gasteiger partial charge is 0.326 e. The molecule has 1 saturated heterocycles. The van der Waals surface area contributed by atoms with E-state index in [1.807, 2.05) is 41.3 Å². The monoisotopic (exact) mass is 422 g/mol. The van der Waals surface area contributed by atoms with E-state index in [9.17, 15) is 9.59 Å². The van der Waals surface area contributed by atoms with Crippen LogP contribution in [-0.2, 0) is 15.0 Å². The average molecular weight is 423 g/mol. The Morgan fingerprint density at radius 1 is 1.07 bits per heavy atom. The number of rotatable bonds is 4. The average Bonchev–Trinajstić information content (AvgIpc) is 3.38. The van der Waals surface area contributed by atoms with Crippen molar-refractivity contribution in [1.29, 1.82) is 0 Å². The Hall–Kier alpha value is -2.27. The quantitative estimate of drug-likeness (QED) is 0.668. The first-order chi connectivity index (χ1) is 14.3. The number of carbonyl (C=O) groups excluding carboxylic acids is 2. The van der Waals surface area contributed by atoms with E-state index in [1.54, 1.807) is 11.8 Å². The molecule has 158 valence electrons. The number of nitrogens with one attached hydrogen (secondary N) is 1. The van der Waals surface area contributed by atoms with Gasteiger partial charge in [-0.2, -0.15) is 0 Å². The molecule has 2 amide bonds. The number of hydrogen-bond acceptors (Lipinski definition) is 3. The maximum absolute atomic E-state index is 12.7. The predicted molar refractivity (Wildman–Crippen MR) is 125 cm³/mol. The number of benzene rings is 2. The van der Waals surface area contributed by atoms with Gasteiger partial charge in [0.25, 0.3) is 0 Å². The Balaban J connectivity index is 1.55. The van der Waals surface area contributed by atoms with E-state index in [0.717, 1.165) is 42.6 Å². The van der Waals surface area contributed by atoms with Crippen molar-refractivity contribution in [2.45, 2.75) is 57.2 Å². The fourth-order valence-electron chi connectivity index (χ4n) is 4.27. The van der Waals surface area contributed by atoms with Gasteiger partial charge in [-0.05, 0) is 53.6 Å². The second kappa shape index (κ2) is 8.46. The molecular formula is C25H30N2O2S. The summed E-state index contributed by atoms with van der Waals surface area (Å²) in [6.07, 6.45) is 4.25. The van der Waals surface area contributed by atoms with Crippen molar-refractivity contribution in [3.63, 3.8) is 0 Å². The van der Waals surface area contributed by atoms with Crippen molar-refractivity contribution in [3.05, 3.63) is 59.7 Å². The van der Waals surface area contributed by atoms with Gasteiger partial charge in [0.15, 0.2) is 0 Å². The van der Waals surface area contributed by atoms with Crippen LogP contribution in [0.4, 0.5) is 11.4 Å². The minimum absolute atomic E-state index is 0.0769. The van der Waals surface area contributed by atoms with Crippen molar-refractivity contribution in [2.24, 2.45) is 5.92 Å². The van der Waals surface area contributed by atoms with E-state index >= 15 is 0 Å². The van der Waals surface area contributed by atoms with Gasteiger partial charge in [0, 0.05) is 17.3 Å². The standard InChI is InChI=1S/C25H30N2O2S/c1-25(2,3)19-11-13-21(14-12-19)27-22(28)16-30-24(27)18-9-6-10-20(15-18)26-23(29)17-7-4-5-8-17/h6,9-15,17,24H,4-5,7-8,16H2,1-3H3,(H,26,29)/t24-/m1/s1. The fraction of sp³-hybridized carbons (Fsp3) is 0.440. The summed E-state index contributed by atoms with van der Waals surface area (Å²) in [5.74, 6) is 0.835. The Morgan fingerprint density at radius 3 is 2.43 bits per heavy atom. The van der Waals surface area contributed by atoms with E-state index in [1.165, 1.54) is 5.56 Å². The second-order valence-electron chi connectivity index (χ2n) is 9.32. The summed E-state index contributed by atoms with van der Waals surface area (Å²) >= 11 is 1.63. The maximum atomic E-state index is 12.7. The van der Waals surface area contributed by atoms with Gasteiger partial charge in [0.1, 0.15) is 5.37 Å². The molecular weight excluding hydrogens is 392 g/mol. The number of hydrogen-bond donors (Lipinski definition) is 1. The lowest BCUT2D eigenvalue weighted by molar-refractivity contribution is -0.119. The zero-order valence-electron chi connectivity index (χ0n) is 18.0. The lowest BCUT2D eigenvalue weighted by Crippen LogP contribution is -2.28. The lowest BCUT2D eigenvalue weighted by Gasteiger charge is -2.26. The first-order valence-electron chi connectivity index (χ1n) is 10.8. The molecule has 1 atom stereocenters. The van der Waals surface area contributed by atoms with Crippen LogP contribution in [0.15, 0.2) is 48.5 Å². The zero-order valence-corrected chi connectivity index (χ0v) is 18.8. The highest BCUT2D eigenvalue weighted by molar-refractivity contribution is 8.00. The van der Waals surface area contributed by atoms with E-state index in [0.29, 0.717) is 5.75 Å². The van der Waals surface area contributed by atoms with E-state index in [4.69, 9.17) is 0 Å². The van der Waals surface area contributed by atoms with Crippen LogP contribution in [0.5, 0.6) is 0 Å². The molecule has 0 spiro atoms. The van der Waals surface area contributed by atoms with Gasteiger partial charge in [0.2, 0.25) is 11.8 Å². The second-order valence-corrected chi connectivity index (χ2v) is 10.4. The van der Waals surface area contributed by atoms with Crippen molar-refractivity contribution in [2.75, 3.05) is 16.0 Å². The molecule has 2 aromatic carbocycles. The summed E-state index contributed by atoms with van der Waals surface area (Å²) in [6, 6.07) is 16.3. The topological polar surface area (TPSA) is 49.4 Å². The van der Waals surface area contributed by atoms with Crippen LogP contribution in [0.25, 0.3) is 0 Å². The number of nitrogens with zero attached hydrogens (tertiary/aromatic N) is 1. The molecule has 2 aliphatic rings. The third kappa shape index (κ3) is 4.41. The van der Waals surface area contributed by atoms with Gasteiger partial charge in [0.05, 0.1) is 5.75 Å². The Bertz CT molecular complexity index is 927. The molecule has 2 fully saturated rings.